The molecule has 2 N–H and O–H groups in total. The first-order chi connectivity index (χ1) is 7.61. The number of benzene rings is 1. The summed E-state index contributed by atoms with van der Waals surface area (Å²) in [6.07, 6.45) is 0.330. The summed E-state index contributed by atoms with van der Waals surface area (Å²) in [6, 6.07) is 6.53. The van der Waals surface area contributed by atoms with Gasteiger partial charge in [-0.3, -0.25) is 4.79 Å². The van der Waals surface area contributed by atoms with Gasteiger partial charge < -0.3 is 10.6 Å². The largest absolute Gasteiger partial charge is 0.397 e. The summed E-state index contributed by atoms with van der Waals surface area (Å²) in [5, 5.41) is 0. The van der Waals surface area contributed by atoms with E-state index in [2.05, 4.69) is 0 Å². The van der Waals surface area contributed by atoms with E-state index in [9.17, 15) is 9.59 Å². The van der Waals surface area contributed by atoms with Crippen LogP contribution in [0.3, 0.4) is 0 Å². The average Bonchev–Trinajstić information content (AvgIpc) is 2.27. The number of carbonyl (C=O) groups excluding carboxylic acids is 2. The number of para-hydroxylation sites is 2. The van der Waals surface area contributed by atoms with E-state index in [-0.39, 0.29) is 11.9 Å². The Labute approximate surface area is 93.4 Å². The van der Waals surface area contributed by atoms with Crippen molar-refractivity contribution < 1.29 is 9.59 Å². The minimum Gasteiger partial charge on any atom is -0.397 e. The van der Waals surface area contributed by atoms with Crippen LogP contribution < -0.4 is 10.6 Å². The fourth-order valence-electron chi connectivity index (χ4n) is 1.68. The van der Waals surface area contributed by atoms with Crippen molar-refractivity contribution in [1.82, 2.24) is 4.90 Å². The van der Waals surface area contributed by atoms with Crippen molar-refractivity contribution >= 4 is 23.3 Å². The van der Waals surface area contributed by atoms with Crippen LogP contribution in [-0.4, -0.2) is 30.4 Å². The number of rotatable bonds is 1. The van der Waals surface area contributed by atoms with Crippen molar-refractivity contribution in [3.8, 4) is 0 Å². The van der Waals surface area contributed by atoms with Gasteiger partial charge in [-0.25, -0.2) is 9.69 Å². The molecule has 0 atom stereocenters. The summed E-state index contributed by atoms with van der Waals surface area (Å²) in [4.78, 5) is 26.2. The van der Waals surface area contributed by atoms with E-state index in [1.165, 1.54) is 4.90 Å². The van der Waals surface area contributed by atoms with Gasteiger partial charge in [0.05, 0.1) is 11.4 Å². The standard InChI is InChI=1S/C11H13N3O2/c1-13-7-6-10(15)14(11(13)16)9-5-3-2-4-8(9)12/h2-5H,6-7,12H2,1H3. The van der Waals surface area contributed by atoms with Crippen LogP contribution in [0.4, 0.5) is 16.2 Å². The van der Waals surface area contributed by atoms with Crippen molar-refractivity contribution in [2.24, 2.45) is 0 Å². The predicted octanol–water partition coefficient (Wildman–Crippen LogP) is 1.06. The molecule has 0 spiro atoms. The van der Waals surface area contributed by atoms with Crippen LogP contribution in [0.2, 0.25) is 0 Å². The topological polar surface area (TPSA) is 66.6 Å². The maximum absolute atomic E-state index is 11.9. The first-order valence-corrected chi connectivity index (χ1v) is 5.04. The molecular weight excluding hydrogens is 206 g/mol. The Bertz CT molecular complexity index is 445. The number of hydrogen-bond acceptors (Lipinski definition) is 3. The molecule has 1 aliphatic heterocycles. The van der Waals surface area contributed by atoms with E-state index < -0.39 is 0 Å². The summed E-state index contributed by atoms with van der Waals surface area (Å²) >= 11 is 0. The molecule has 84 valence electrons. The fourth-order valence-corrected chi connectivity index (χ4v) is 1.68. The Morgan fingerprint density at radius 3 is 2.62 bits per heavy atom. The van der Waals surface area contributed by atoms with Crippen molar-refractivity contribution in [3.05, 3.63) is 24.3 Å². The van der Waals surface area contributed by atoms with E-state index in [4.69, 9.17) is 5.73 Å². The monoisotopic (exact) mass is 219 g/mol. The summed E-state index contributed by atoms with van der Waals surface area (Å²) in [7, 11) is 1.67. The van der Waals surface area contributed by atoms with Crippen LogP contribution >= 0.6 is 0 Å². The number of imide groups is 1. The van der Waals surface area contributed by atoms with E-state index in [1.807, 2.05) is 0 Å². The van der Waals surface area contributed by atoms with Crippen LogP contribution in [-0.2, 0) is 4.79 Å². The molecule has 1 aliphatic rings. The summed E-state index contributed by atoms with van der Waals surface area (Å²) < 4.78 is 0. The molecule has 2 rings (SSSR count). The lowest BCUT2D eigenvalue weighted by molar-refractivity contribution is -0.119. The van der Waals surface area contributed by atoms with Crippen molar-refractivity contribution in [2.75, 3.05) is 24.2 Å². The molecule has 0 radical (unpaired) electrons. The number of nitrogen functional groups attached to an aromatic ring is 1. The zero-order valence-electron chi connectivity index (χ0n) is 9.01. The van der Waals surface area contributed by atoms with Crippen molar-refractivity contribution in [1.29, 1.82) is 0 Å². The molecule has 1 fully saturated rings. The van der Waals surface area contributed by atoms with Crippen molar-refractivity contribution in [3.63, 3.8) is 0 Å². The molecule has 5 heteroatoms. The van der Waals surface area contributed by atoms with Gasteiger partial charge >= 0.3 is 6.03 Å². The maximum atomic E-state index is 11.9. The predicted molar refractivity (Wildman–Crippen MR) is 61.0 cm³/mol. The molecule has 0 bridgehead atoms. The van der Waals surface area contributed by atoms with Crippen LogP contribution in [0.25, 0.3) is 0 Å². The minimum atomic E-state index is -0.325. The molecule has 1 heterocycles. The number of carbonyl (C=O) groups is 2. The highest BCUT2D eigenvalue weighted by atomic mass is 16.2. The zero-order valence-corrected chi connectivity index (χ0v) is 9.01. The van der Waals surface area contributed by atoms with Gasteiger partial charge in [0.2, 0.25) is 5.91 Å². The lowest BCUT2D eigenvalue weighted by Gasteiger charge is -2.32. The third-order valence-corrected chi connectivity index (χ3v) is 2.61. The first kappa shape index (κ1) is 10.5. The van der Waals surface area contributed by atoms with Crippen molar-refractivity contribution in [2.45, 2.75) is 6.42 Å². The third-order valence-electron chi connectivity index (χ3n) is 2.61. The summed E-state index contributed by atoms with van der Waals surface area (Å²) in [6.45, 7) is 0.459. The fraction of sp³-hybridized carbons (Fsp3) is 0.273. The van der Waals surface area contributed by atoms with Gasteiger partial charge in [-0.05, 0) is 12.1 Å². The molecule has 0 saturated carbocycles. The lowest BCUT2D eigenvalue weighted by Crippen LogP contribution is -2.51. The first-order valence-electron chi connectivity index (χ1n) is 5.04. The number of hydrogen-bond donors (Lipinski definition) is 1. The second-order valence-corrected chi connectivity index (χ2v) is 3.74. The number of nitrogens with two attached hydrogens (primary N) is 1. The molecule has 5 nitrogen and oxygen atoms in total. The smallest absolute Gasteiger partial charge is 0.331 e. The normalized spacial score (nSPS) is 16.8. The highest BCUT2D eigenvalue weighted by Crippen LogP contribution is 2.26. The Hall–Kier alpha value is -2.04. The second-order valence-electron chi connectivity index (χ2n) is 3.74. The van der Waals surface area contributed by atoms with Gasteiger partial charge in [0.1, 0.15) is 0 Å². The highest BCUT2D eigenvalue weighted by molar-refractivity contribution is 6.17. The number of anilines is 2. The van der Waals surface area contributed by atoms with E-state index >= 15 is 0 Å². The minimum absolute atomic E-state index is 0.207. The van der Waals surface area contributed by atoms with Gasteiger partial charge in [-0.2, -0.15) is 0 Å². The molecule has 16 heavy (non-hydrogen) atoms. The molecule has 0 unspecified atom stereocenters. The van der Waals surface area contributed by atoms with E-state index in [0.717, 1.165) is 4.90 Å². The zero-order chi connectivity index (χ0) is 11.7. The molecule has 1 aromatic carbocycles. The number of urea groups is 1. The molecular formula is C11H13N3O2. The van der Waals surface area contributed by atoms with Crippen LogP contribution in [0.15, 0.2) is 24.3 Å². The van der Waals surface area contributed by atoms with Gasteiger partial charge in [0.25, 0.3) is 0 Å². The van der Waals surface area contributed by atoms with Crippen LogP contribution in [0.1, 0.15) is 6.42 Å². The molecule has 1 saturated heterocycles. The van der Waals surface area contributed by atoms with Crippen LogP contribution in [0.5, 0.6) is 0 Å². The molecule has 1 aromatic rings. The van der Waals surface area contributed by atoms with E-state index in [1.54, 1.807) is 31.3 Å². The van der Waals surface area contributed by atoms with Gasteiger partial charge in [0, 0.05) is 20.0 Å². The summed E-state index contributed by atoms with van der Waals surface area (Å²) in [5.41, 5.74) is 6.65. The Morgan fingerprint density at radius 2 is 1.94 bits per heavy atom. The lowest BCUT2D eigenvalue weighted by atomic mass is 10.2. The number of nitrogens with zero attached hydrogens (tertiary/aromatic N) is 2. The summed E-state index contributed by atoms with van der Waals surface area (Å²) in [5.74, 6) is -0.207. The number of amides is 3. The third kappa shape index (κ3) is 1.60. The quantitative estimate of drug-likeness (QED) is 0.718. The van der Waals surface area contributed by atoms with Gasteiger partial charge in [-0.15, -0.1) is 0 Å². The van der Waals surface area contributed by atoms with E-state index in [0.29, 0.717) is 24.3 Å². The van der Waals surface area contributed by atoms with Gasteiger partial charge in [0.15, 0.2) is 0 Å². The molecule has 0 aromatic heterocycles. The molecule has 3 amide bonds. The Morgan fingerprint density at radius 1 is 1.25 bits per heavy atom. The SMILES string of the molecule is CN1CCC(=O)N(c2ccccc2N)C1=O. The maximum Gasteiger partial charge on any atom is 0.331 e. The van der Waals surface area contributed by atoms with Crippen LogP contribution in [0, 0.1) is 0 Å². The highest BCUT2D eigenvalue weighted by Gasteiger charge is 2.31. The van der Waals surface area contributed by atoms with Gasteiger partial charge in [-0.1, -0.05) is 12.1 Å². The Balaban J connectivity index is 2.42. The Kier molecular flexibility index (Phi) is 2.52. The molecule has 0 aliphatic carbocycles. The second kappa shape index (κ2) is 3.84. The average molecular weight is 219 g/mol.